The second-order valence-electron chi connectivity index (χ2n) is 5.52. The van der Waals surface area contributed by atoms with Crippen molar-refractivity contribution < 1.29 is 4.79 Å². The van der Waals surface area contributed by atoms with Crippen molar-refractivity contribution in [3.63, 3.8) is 0 Å². The first-order valence-electron chi connectivity index (χ1n) is 7.72. The predicted octanol–water partition coefficient (Wildman–Crippen LogP) is 1.71. The van der Waals surface area contributed by atoms with Crippen molar-refractivity contribution in [1.29, 1.82) is 0 Å². The van der Waals surface area contributed by atoms with Gasteiger partial charge in [-0.25, -0.2) is 4.98 Å². The number of hydrogen-bond acceptors (Lipinski definition) is 3. The quantitative estimate of drug-likeness (QED) is 0.833. The van der Waals surface area contributed by atoms with E-state index in [4.69, 9.17) is 0 Å². The average Bonchev–Trinajstić information content (AvgIpc) is 2.95. The van der Waals surface area contributed by atoms with E-state index < -0.39 is 0 Å². The van der Waals surface area contributed by atoms with E-state index in [9.17, 15) is 4.79 Å². The van der Waals surface area contributed by atoms with E-state index in [0.29, 0.717) is 18.9 Å². The largest absolute Gasteiger partial charge is 0.347 e. The lowest BCUT2D eigenvalue weighted by molar-refractivity contribution is -0.134. The molecule has 112 valence electrons. The second-order valence-corrected chi connectivity index (χ2v) is 5.52. The number of nitrogens with one attached hydrogen (secondary N) is 2. The van der Waals surface area contributed by atoms with Gasteiger partial charge in [0, 0.05) is 26.1 Å². The van der Waals surface area contributed by atoms with Crippen LogP contribution < -0.4 is 5.32 Å². The number of hydrogen-bond donors (Lipinski definition) is 2. The van der Waals surface area contributed by atoms with Crippen LogP contribution in [-0.2, 0) is 17.8 Å². The third-order valence-electron chi connectivity index (χ3n) is 4.36. The van der Waals surface area contributed by atoms with Crippen LogP contribution in [0.1, 0.15) is 45.0 Å². The van der Waals surface area contributed by atoms with Gasteiger partial charge in [0.15, 0.2) is 0 Å². The van der Waals surface area contributed by atoms with Crippen molar-refractivity contribution in [2.24, 2.45) is 5.92 Å². The molecule has 20 heavy (non-hydrogen) atoms. The number of carbonyl (C=O) groups is 1. The number of amides is 1. The van der Waals surface area contributed by atoms with Gasteiger partial charge in [-0.2, -0.15) is 0 Å². The van der Waals surface area contributed by atoms with Crippen LogP contribution >= 0.6 is 0 Å². The van der Waals surface area contributed by atoms with Gasteiger partial charge in [-0.05, 0) is 12.8 Å². The Labute approximate surface area is 121 Å². The molecule has 1 atom stereocenters. The highest BCUT2D eigenvalue weighted by Gasteiger charge is 2.29. The number of likely N-dealkylation sites (N-methyl/N-ethyl adjacent to an activating group) is 1. The monoisotopic (exact) mass is 278 g/mol. The fraction of sp³-hybridized carbons (Fsp3) is 0.733. The van der Waals surface area contributed by atoms with Crippen LogP contribution in [0.3, 0.4) is 0 Å². The van der Waals surface area contributed by atoms with Crippen molar-refractivity contribution >= 4 is 5.91 Å². The zero-order valence-electron chi connectivity index (χ0n) is 12.8. The Kier molecular flexibility index (Phi) is 5.17. The van der Waals surface area contributed by atoms with Crippen molar-refractivity contribution in [3.05, 3.63) is 17.7 Å². The lowest BCUT2D eigenvalue weighted by Gasteiger charge is -2.31. The Morgan fingerprint density at radius 3 is 2.85 bits per heavy atom. The van der Waals surface area contributed by atoms with Gasteiger partial charge in [0.05, 0.1) is 23.8 Å². The topological polar surface area (TPSA) is 61.0 Å². The molecule has 1 unspecified atom stereocenters. The highest BCUT2D eigenvalue weighted by Crippen LogP contribution is 2.16. The number of nitrogens with zero attached hydrogens (tertiary/aromatic N) is 2. The predicted molar refractivity (Wildman–Crippen MR) is 79.2 cm³/mol. The highest BCUT2D eigenvalue weighted by atomic mass is 16.2. The summed E-state index contributed by atoms with van der Waals surface area (Å²) >= 11 is 0. The first-order chi connectivity index (χ1) is 9.69. The fourth-order valence-electron chi connectivity index (χ4n) is 2.80. The standard InChI is InChI=1S/C15H26N4O/c1-4-11(5-2)9-19(6-3)15(20)13-7-12-14(8-16-13)18-10-17-12/h10-11,13,16H,4-9H2,1-3H3,(H,17,18). The van der Waals surface area contributed by atoms with Gasteiger partial charge in [0.2, 0.25) is 5.91 Å². The third kappa shape index (κ3) is 3.20. The van der Waals surface area contributed by atoms with Crippen molar-refractivity contribution in [1.82, 2.24) is 20.2 Å². The average molecular weight is 278 g/mol. The molecule has 0 spiro atoms. The highest BCUT2D eigenvalue weighted by molar-refractivity contribution is 5.82. The second kappa shape index (κ2) is 6.88. The van der Waals surface area contributed by atoms with Gasteiger partial charge >= 0.3 is 0 Å². The maximum absolute atomic E-state index is 12.7. The van der Waals surface area contributed by atoms with Gasteiger partial charge in [-0.3, -0.25) is 10.1 Å². The maximum atomic E-state index is 12.7. The van der Waals surface area contributed by atoms with Crippen LogP contribution in [0, 0.1) is 5.92 Å². The molecule has 2 N–H and O–H groups in total. The smallest absolute Gasteiger partial charge is 0.240 e. The summed E-state index contributed by atoms with van der Waals surface area (Å²) < 4.78 is 0. The van der Waals surface area contributed by atoms with E-state index in [2.05, 4.69) is 36.1 Å². The summed E-state index contributed by atoms with van der Waals surface area (Å²) in [6.07, 6.45) is 4.65. The summed E-state index contributed by atoms with van der Waals surface area (Å²) in [5, 5.41) is 3.32. The molecule has 0 aliphatic carbocycles. The lowest BCUT2D eigenvalue weighted by atomic mass is 10.0. The van der Waals surface area contributed by atoms with E-state index in [1.54, 1.807) is 6.33 Å². The molecule has 0 bridgehead atoms. The SMILES string of the molecule is CCC(CC)CN(CC)C(=O)C1Cc2nc[nH]c2CN1. The number of carbonyl (C=O) groups excluding carboxylic acids is 1. The number of aromatic amines is 1. The minimum atomic E-state index is -0.125. The summed E-state index contributed by atoms with van der Waals surface area (Å²) in [5.41, 5.74) is 2.14. The first-order valence-corrected chi connectivity index (χ1v) is 7.72. The normalized spacial score (nSPS) is 18.1. The molecule has 5 nitrogen and oxygen atoms in total. The number of H-pyrrole nitrogens is 1. The van der Waals surface area contributed by atoms with Gasteiger partial charge in [-0.1, -0.05) is 26.7 Å². The molecule has 0 saturated carbocycles. The molecule has 0 aromatic carbocycles. The van der Waals surface area contributed by atoms with Crippen LogP contribution in [0.25, 0.3) is 0 Å². The molecule has 2 rings (SSSR count). The van der Waals surface area contributed by atoms with Crippen LogP contribution in [0.15, 0.2) is 6.33 Å². The molecular formula is C15H26N4O. The Morgan fingerprint density at radius 1 is 1.45 bits per heavy atom. The molecule has 0 fully saturated rings. The van der Waals surface area contributed by atoms with Crippen LogP contribution in [0.4, 0.5) is 0 Å². The summed E-state index contributed by atoms with van der Waals surface area (Å²) in [7, 11) is 0. The lowest BCUT2D eigenvalue weighted by Crippen LogP contribution is -2.50. The number of rotatable bonds is 6. The van der Waals surface area contributed by atoms with Gasteiger partial charge < -0.3 is 9.88 Å². The number of aromatic nitrogens is 2. The summed E-state index contributed by atoms with van der Waals surface area (Å²) in [6.45, 7) is 8.80. The van der Waals surface area contributed by atoms with E-state index >= 15 is 0 Å². The fourth-order valence-corrected chi connectivity index (χ4v) is 2.80. The third-order valence-corrected chi connectivity index (χ3v) is 4.36. The molecule has 0 radical (unpaired) electrons. The number of fused-ring (bicyclic) bond motifs is 1. The molecule has 1 aromatic heterocycles. The summed E-state index contributed by atoms with van der Waals surface area (Å²) in [4.78, 5) is 22.1. The molecule has 1 aliphatic heterocycles. The van der Waals surface area contributed by atoms with Crippen molar-refractivity contribution in [2.45, 2.75) is 52.6 Å². The first kappa shape index (κ1) is 15.0. The van der Waals surface area contributed by atoms with Crippen molar-refractivity contribution in [3.8, 4) is 0 Å². The van der Waals surface area contributed by atoms with Crippen molar-refractivity contribution in [2.75, 3.05) is 13.1 Å². The Hall–Kier alpha value is -1.36. The molecule has 2 heterocycles. The Morgan fingerprint density at radius 2 is 2.20 bits per heavy atom. The van der Waals surface area contributed by atoms with Gasteiger partial charge in [-0.15, -0.1) is 0 Å². The summed E-state index contributed by atoms with van der Waals surface area (Å²) in [6, 6.07) is -0.125. The van der Waals surface area contributed by atoms with Crippen LogP contribution in [-0.4, -0.2) is 39.9 Å². The zero-order chi connectivity index (χ0) is 14.5. The maximum Gasteiger partial charge on any atom is 0.240 e. The zero-order valence-corrected chi connectivity index (χ0v) is 12.8. The minimum absolute atomic E-state index is 0.125. The summed E-state index contributed by atoms with van der Waals surface area (Å²) in [5.74, 6) is 0.816. The Bertz CT molecular complexity index is 439. The van der Waals surface area contributed by atoms with Crippen LogP contribution in [0.5, 0.6) is 0 Å². The molecule has 0 saturated heterocycles. The van der Waals surface area contributed by atoms with E-state index in [-0.39, 0.29) is 11.9 Å². The van der Waals surface area contributed by atoms with E-state index in [1.807, 2.05) is 4.90 Å². The van der Waals surface area contributed by atoms with Gasteiger partial charge in [0.25, 0.3) is 0 Å². The van der Waals surface area contributed by atoms with E-state index in [1.165, 1.54) is 0 Å². The van der Waals surface area contributed by atoms with E-state index in [0.717, 1.165) is 37.3 Å². The Balaban J connectivity index is 1.99. The molecule has 5 heteroatoms. The van der Waals surface area contributed by atoms with Crippen LogP contribution in [0.2, 0.25) is 0 Å². The molecular weight excluding hydrogens is 252 g/mol. The number of imidazole rings is 1. The molecule has 1 amide bonds. The molecule has 1 aliphatic rings. The molecule has 1 aromatic rings. The van der Waals surface area contributed by atoms with Gasteiger partial charge in [0.1, 0.15) is 0 Å². The minimum Gasteiger partial charge on any atom is -0.347 e.